The van der Waals surface area contributed by atoms with Gasteiger partial charge in [0.25, 0.3) is 0 Å². The van der Waals surface area contributed by atoms with Crippen molar-refractivity contribution in [3.63, 3.8) is 0 Å². The topological polar surface area (TPSA) is 54.5 Å². The third kappa shape index (κ3) is 5.82. The number of halogens is 2. The zero-order valence-corrected chi connectivity index (χ0v) is 18.3. The second-order valence-corrected chi connectivity index (χ2v) is 7.21. The first-order valence-electron chi connectivity index (χ1n) is 8.79. The molecule has 1 aromatic carbocycles. The van der Waals surface area contributed by atoms with Crippen LogP contribution in [0.1, 0.15) is 26.5 Å². The fourth-order valence-corrected chi connectivity index (χ4v) is 3.87. The van der Waals surface area contributed by atoms with Crippen LogP contribution in [0.25, 0.3) is 10.6 Å². The number of thiazole rings is 1. The third-order valence-corrected chi connectivity index (χ3v) is 5.59. The van der Waals surface area contributed by atoms with E-state index in [4.69, 9.17) is 4.74 Å². The Bertz CT molecular complexity index is 724. The van der Waals surface area contributed by atoms with Gasteiger partial charge in [-0.05, 0) is 45.0 Å². The second-order valence-electron chi connectivity index (χ2n) is 6.35. The lowest BCUT2D eigenvalue weighted by Crippen LogP contribution is -2.57. The lowest BCUT2D eigenvalue weighted by Gasteiger charge is -2.38. The first-order chi connectivity index (χ1) is 12.1. The summed E-state index contributed by atoms with van der Waals surface area (Å²) in [5.41, 5.74) is 1.90. The molecule has 2 atom stereocenters. The summed E-state index contributed by atoms with van der Waals surface area (Å²) in [4.78, 5) is 19.3. The van der Waals surface area contributed by atoms with E-state index in [1.165, 1.54) is 0 Å². The molecule has 5 nitrogen and oxygen atoms in total. The van der Waals surface area contributed by atoms with Gasteiger partial charge >= 0.3 is 0 Å². The Labute approximate surface area is 177 Å². The standard InChI is InChI=1S/C19H25N3O2S.2ClH/c1-4-24-17-7-5-15(6-8-17)19-21-16(12-25-19)11-18(23)22-10-9-20-13(2)14(22)3;;/h5-8,12-14,20H,4,9-11H2,1-3H3;2*1H. The minimum atomic E-state index is 0. The Morgan fingerprint density at radius 1 is 1.30 bits per heavy atom. The molecule has 0 spiro atoms. The van der Waals surface area contributed by atoms with E-state index in [2.05, 4.69) is 24.1 Å². The highest BCUT2D eigenvalue weighted by atomic mass is 35.5. The predicted molar refractivity (Wildman–Crippen MR) is 116 cm³/mol. The molecule has 2 heterocycles. The Kier molecular flexibility index (Phi) is 9.53. The quantitative estimate of drug-likeness (QED) is 0.781. The van der Waals surface area contributed by atoms with Gasteiger partial charge in [-0.1, -0.05) is 0 Å². The molecule has 27 heavy (non-hydrogen) atoms. The Balaban J connectivity index is 0.00000182. The van der Waals surface area contributed by atoms with Crippen LogP contribution in [0.4, 0.5) is 0 Å². The number of amides is 1. The highest BCUT2D eigenvalue weighted by Gasteiger charge is 2.28. The van der Waals surface area contributed by atoms with Crippen LogP contribution < -0.4 is 10.1 Å². The number of ether oxygens (including phenoxy) is 1. The van der Waals surface area contributed by atoms with Gasteiger partial charge in [-0.3, -0.25) is 4.79 Å². The van der Waals surface area contributed by atoms with Crippen LogP contribution >= 0.6 is 36.2 Å². The molecule has 3 rings (SSSR count). The van der Waals surface area contributed by atoms with E-state index in [0.29, 0.717) is 19.1 Å². The van der Waals surface area contributed by atoms with Gasteiger partial charge in [0.15, 0.2) is 0 Å². The molecule has 1 N–H and O–H groups in total. The molecule has 8 heteroatoms. The SMILES string of the molecule is CCOc1ccc(-c2nc(CC(=O)N3CCNC(C)C3C)cs2)cc1.Cl.Cl. The van der Waals surface area contributed by atoms with E-state index < -0.39 is 0 Å². The van der Waals surface area contributed by atoms with Crippen molar-refractivity contribution in [2.24, 2.45) is 0 Å². The molecule has 1 aromatic heterocycles. The first-order valence-corrected chi connectivity index (χ1v) is 9.67. The number of hydrogen-bond donors (Lipinski definition) is 1. The number of benzene rings is 1. The largest absolute Gasteiger partial charge is 0.494 e. The van der Waals surface area contributed by atoms with E-state index in [1.807, 2.05) is 41.5 Å². The third-order valence-electron chi connectivity index (χ3n) is 4.65. The van der Waals surface area contributed by atoms with Gasteiger partial charge in [0.2, 0.25) is 5.91 Å². The van der Waals surface area contributed by atoms with Crippen molar-refractivity contribution in [3.8, 4) is 16.3 Å². The number of carbonyl (C=O) groups is 1. The number of rotatable bonds is 5. The maximum Gasteiger partial charge on any atom is 0.228 e. The lowest BCUT2D eigenvalue weighted by atomic mass is 10.1. The van der Waals surface area contributed by atoms with Crippen LogP contribution in [-0.2, 0) is 11.2 Å². The molecular formula is C19H27Cl2N3O2S. The number of nitrogens with zero attached hydrogens (tertiary/aromatic N) is 2. The molecule has 1 aliphatic heterocycles. The summed E-state index contributed by atoms with van der Waals surface area (Å²) in [6.07, 6.45) is 0.366. The average Bonchev–Trinajstić information content (AvgIpc) is 3.06. The van der Waals surface area contributed by atoms with Gasteiger partial charge in [-0.15, -0.1) is 36.2 Å². The summed E-state index contributed by atoms with van der Waals surface area (Å²) >= 11 is 1.58. The molecule has 0 aliphatic carbocycles. The number of nitrogens with one attached hydrogen (secondary N) is 1. The minimum Gasteiger partial charge on any atom is -0.494 e. The summed E-state index contributed by atoms with van der Waals surface area (Å²) in [5.74, 6) is 1.02. The van der Waals surface area contributed by atoms with E-state index in [1.54, 1.807) is 11.3 Å². The van der Waals surface area contributed by atoms with Crippen molar-refractivity contribution < 1.29 is 9.53 Å². The minimum absolute atomic E-state index is 0. The Morgan fingerprint density at radius 2 is 2.00 bits per heavy atom. The highest BCUT2D eigenvalue weighted by Crippen LogP contribution is 2.26. The fourth-order valence-electron chi connectivity index (χ4n) is 3.05. The molecular weight excluding hydrogens is 405 g/mol. The zero-order chi connectivity index (χ0) is 17.8. The number of hydrogen-bond acceptors (Lipinski definition) is 5. The normalized spacial score (nSPS) is 19.0. The van der Waals surface area contributed by atoms with Crippen molar-refractivity contribution in [1.29, 1.82) is 0 Å². The van der Waals surface area contributed by atoms with Crippen LogP contribution in [0.5, 0.6) is 5.75 Å². The maximum atomic E-state index is 12.6. The molecule has 0 bridgehead atoms. The molecule has 0 saturated carbocycles. The monoisotopic (exact) mass is 431 g/mol. The van der Waals surface area contributed by atoms with Crippen molar-refractivity contribution in [1.82, 2.24) is 15.2 Å². The van der Waals surface area contributed by atoms with E-state index in [9.17, 15) is 4.79 Å². The molecule has 1 fully saturated rings. The number of aromatic nitrogens is 1. The smallest absolute Gasteiger partial charge is 0.228 e. The number of carbonyl (C=O) groups excluding carboxylic acids is 1. The summed E-state index contributed by atoms with van der Waals surface area (Å²) < 4.78 is 5.47. The predicted octanol–water partition coefficient (Wildman–Crippen LogP) is 3.80. The molecule has 1 saturated heterocycles. The van der Waals surface area contributed by atoms with Crippen LogP contribution in [0.2, 0.25) is 0 Å². The zero-order valence-electron chi connectivity index (χ0n) is 15.8. The fraction of sp³-hybridized carbons (Fsp3) is 0.474. The summed E-state index contributed by atoms with van der Waals surface area (Å²) in [6.45, 7) is 8.47. The number of piperazine rings is 1. The first kappa shape index (κ1) is 23.7. The van der Waals surface area contributed by atoms with Crippen LogP contribution in [0.3, 0.4) is 0 Å². The molecule has 2 unspecified atom stereocenters. The van der Waals surface area contributed by atoms with E-state index >= 15 is 0 Å². The highest BCUT2D eigenvalue weighted by molar-refractivity contribution is 7.13. The van der Waals surface area contributed by atoms with Crippen LogP contribution in [0, 0.1) is 0 Å². The molecule has 150 valence electrons. The van der Waals surface area contributed by atoms with Gasteiger partial charge in [0.1, 0.15) is 10.8 Å². The summed E-state index contributed by atoms with van der Waals surface area (Å²) in [6, 6.07) is 8.47. The van der Waals surface area contributed by atoms with Crippen molar-refractivity contribution >= 4 is 42.1 Å². The van der Waals surface area contributed by atoms with Crippen LogP contribution in [0.15, 0.2) is 29.6 Å². The molecule has 1 aliphatic rings. The summed E-state index contributed by atoms with van der Waals surface area (Å²) in [7, 11) is 0. The molecule has 0 radical (unpaired) electrons. The van der Waals surface area contributed by atoms with Gasteiger partial charge in [0, 0.05) is 36.1 Å². The van der Waals surface area contributed by atoms with Crippen molar-refractivity contribution in [2.75, 3.05) is 19.7 Å². The Morgan fingerprint density at radius 3 is 2.67 bits per heavy atom. The second kappa shape index (κ2) is 10.9. The van der Waals surface area contributed by atoms with E-state index in [0.717, 1.165) is 35.1 Å². The average molecular weight is 432 g/mol. The van der Waals surface area contributed by atoms with Gasteiger partial charge < -0.3 is 15.0 Å². The Hall–Kier alpha value is -1.34. The van der Waals surface area contributed by atoms with Gasteiger partial charge in [-0.2, -0.15) is 0 Å². The maximum absolute atomic E-state index is 12.6. The van der Waals surface area contributed by atoms with Crippen molar-refractivity contribution in [2.45, 2.75) is 39.3 Å². The van der Waals surface area contributed by atoms with E-state index in [-0.39, 0.29) is 36.8 Å². The summed E-state index contributed by atoms with van der Waals surface area (Å²) in [5, 5.41) is 6.33. The van der Waals surface area contributed by atoms with Gasteiger partial charge in [0.05, 0.1) is 18.7 Å². The molecule has 2 aromatic rings. The lowest BCUT2D eigenvalue weighted by molar-refractivity contribution is -0.134. The van der Waals surface area contributed by atoms with Crippen LogP contribution in [-0.4, -0.2) is 47.6 Å². The van der Waals surface area contributed by atoms with Gasteiger partial charge in [-0.25, -0.2) is 4.98 Å². The molecule has 1 amide bonds. The van der Waals surface area contributed by atoms with Crippen molar-refractivity contribution in [3.05, 3.63) is 35.3 Å².